The van der Waals surface area contributed by atoms with E-state index in [0.29, 0.717) is 6.54 Å². The molecule has 0 amide bonds. The van der Waals surface area contributed by atoms with Gasteiger partial charge in [0.25, 0.3) is 0 Å². The van der Waals surface area contributed by atoms with Crippen molar-refractivity contribution < 1.29 is 5.11 Å². The van der Waals surface area contributed by atoms with E-state index in [4.69, 9.17) is 10.1 Å². The van der Waals surface area contributed by atoms with Gasteiger partial charge in [-0.05, 0) is 38.1 Å². The van der Waals surface area contributed by atoms with Crippen LogP contribution in [0.15, 0.2) is 47.3 Å². The van der Waals surface area contributed by atoms with Crippen molar-refractivity contribution in [1.29, 1.82) is 0 Å². The highest BCUT2D eigenvalue weighted by molar-refractivity contribution is 7.25. The number of para-hydroxylation sites is 1. The Morgan fingerprint density at radius 1 is 1.07 bits per heavy atom. The lowest BCUT2D eigenvalue weighted by Gasteiger charge is -2.12. The molecule has 4 aromatic rings. The summed E-state index contributed by atoms with van der Waals surface area (Å²) in [5.74, 6) is 0.764. The van der Waals surface area contributed by atoms with Gasteiger partial charge >= 0.3 is 0 Å². The van der Waals surface area contributed by atoms with E-state index in [1.807, 2.05) is 49.4 Å². The number of rotatable bonds is 7. The van der Waals surface area contributed by atoms with Crippen molar-refractivity contribution in [3.05, 3.63) is 58.3 Å². The number of aromatic nitrogens is 1. The molecule has 0 radical (unpaired) electrons. The van der Waals surface area contributed by atoms with Crippen LogP contribution in [0.1, 0.15) is 12.0 Å². The molecule has 2 aromatic carbocycles. The number of pyridine rings is 1. The quantitative estimate of drug-likeness (QED) is 0.254. The average molecular weight is 394 g/mol. The topological polar surface area (TPSA) is 74.2 Å². The molecule has 4 rings (SSSR count). The SMILES string of the molecule is Cc1ccc2sc3c(NCCCNCCO)nc4ccccc4c3c(=O)c2c1. The van der Waals surface area contributed by atoms with Gasteiger partial charge in [0.2, 0.25) is 0 Å². The number of fused-ring (bicyclic) bond motifs is 4. The van der Waals surface area contributed by atoms with Crippen LogP contribution in [0.5, 0.6) is 0 Å². The molecule has 2 aromatic heterocycles. The summed E-state index contributed by atoms with van der Waals surface area (Å²) in [6.07, 6.45) is 0.900. The maximum absolute atomic E-state index is 13.4. The summed E-state index contributed by atoms with van der Waals surface area (Å²) >= 11 is 1.61. The van der Waals surface area contributed by atoms with E-state index < -0.39 is 0 Å². The van der Waals surface area contributed by atoms with E-state index in [2.05, 4.69) is 10.6 Å². The van der Waals surface area contributed by atoms with Crippen molar-refractivity contribution in [3.63, 3.8) is 0 Å². The summed E-state index contributed by atoms with van der Waals surface area (Å²) in [5.41, 5.74) is 1.98. The van der Waals surface area contributed by atoms with Gasteiger partial charge in [0.05, 0.1) is 22.2 Å². The van der Waals surface area contributed by atoms with E-state index in [1.165, 1.54) is 0 Å². The van der Waals surface area contributed by atoms with Crippen molar-refractivity contribution in [1.82, 2.24) is 10.3 Å². The third-order valence-electron chi connectivity index (χ3n) is 4.78. The second-order valence-corrected chi connectivity index (χ2v) is 7.92. The zero-order valence-corrected chi connectivity index (χ0v) is 16.6. The molecule has 0 aliphatic heterocycles. The summed E-state index contributed by atoms with van der Waals surface area (Å²) in [6.45, 7) is 4.31. The zero-order valence-electron chi connectivity index (χ0n) is 15.8. The van der Waals surface area contributed by atoms with E-state index in [-0.39, 0.29) is 12.0 Å². The minimum Gasteiger partial charge on any atom is -0.395 e. The van der Waals surface area contributed by atoms with Crippen molar-refractivity contribution in [2.45, 2.75) is 13.3 Å². The van der Waals surface area contributed by atoms with Crippen LogP contribution in [0, 0.1) is 6.92 Å². The Kier molecular flexibility index (Phi) is 5.52. The Morgan fingerprint density at radius 2 is 1.93 bits per heavy atom. The second-order valence-electron chi connectivity index (χ2n) is 6.87. The predicted octanol–water partition coefficient (Wildman–Crippen LogP) is 3.66. The number of benzene rings is 2. The number of nitrogens with one attached hydrogen (secondary N) is 2. The first kappa shape index (κ1) is 18.8. The molecule has 28 heavy (non-hydrogen) atoms. The molecule has 144 valence electrons. The first-order valence-corrected chi connectivity index (χ1v) is 10.3. The van der Waals surface area contributed by atoms with E-state index >= 15 is 0 Å². The Morgan fingerprint density at radius 3 is 2.79 bits per heavy atom. The third kappa shape index (κ3) is 3.58. The summed E-state index contributed by atoms with van der Waals surface area (Å²) < 4.78 is 1.89. The minimum absolute atomic E-state index is 0.0683. The second kappa shape index (κ2) is 8.22. The maximum atomic E-state index is 13.4. The summed E-state index contributed by atoms with van der Waals surface area (Å²) in [6, 6.07) is 13.9. The van der Waals surface area contributed by atoms with Crippen molar-refractivity contribution in [3.8, 4) is 0 Å². The van der Waals surface area contributed by atoms with Gasteiger partial charge in [0.1, 0.15) is 5.82 Å². The fourth-order valence-corrected chi connectivity index (χ4v) is 4.55. The average Bonchev–Trinajstić information content (AvgIpc) is 2.71. The highest BCUT2D eigenvalue weighted by atomic mass is 32.1. The molecule has 0 unspecified atom stereocenters. The lowest BCUT2D eigenvalue weighted by molar-refractivity contribution is 0.292. The number of aliphatic hydroxyl groups excluding tert-OH is 1. The van der Waals surface area contributed by atoms with Crippen molar-refractivity contribution in [2.75, 3.05) is 31.6 Å². The molecular formula is C22H23N3O2S. The van der Waals surface area contributed by atoms with Crippen molar-refractivity contribution >= 4 is 48.2 Å². The van der Waals surface area contributed by atoms with Gasteiger partial charge in [0.15, 0.2) is 5.43 Å². The molecule has 0 aliphatic carbocycles. The fourth-order valence-electron chi connectivity index (χ4n) is 3.42. The molecule has 0 aliphatic rings. The maximum Gasteiger partial charge on any atom is 0.196 e. The first-order valence-electron chi connectivity index (χ1n) is 9.50. The van der Waals surface area contributed by atoms with Crippen LogP contribution in [-0.2, 0) is 0 Å². The van der Waals surface area contributed by atoms with Gasteiger partial charge < -0.3 is 15.7 Å². The van der Waals surface area contributed by atoms with Gasteiger partial charge in [-0.25, -0.2) is 4.98 Å². The van der Waals surface area contributed by atoms with Crippen LogP contribution in [-0.4, -0.2) is 36.3 Å². The number of aryl methyl sites for hydroxylation is 1. The van der Waals surface area contributed by atoms with Crippen LogP contribution in [0.3, 0.4) is 0 Å². The van der Waals surface area contributed by atoms with Gasteiger partial charge in [-0.3, -0.25) is 4.79 Å². The van der Waals surface area contributed by atoms with E-state index in [1.54, 1.807) is 11.3 Å². The summed E-state index contributed by atoms with van der Waals surface area (Å²) in [7, 11) is 0. The molecule has 0 fully saturated rings. The van der Waals surface area contributed by atoms with E-state index in [0.717, 1.165) is 62.0 Å². The smallest absolute Gasteiger partial charge is 0.196 e. The molecule has 0 spiro atoms. The van der Waals surface area contributed by atoms with Crippen LogP contribution in [0.2, 0.25) is 0 Å². The number of hydrogen-bond acceptors (Lipinski definition) is 6. The molecule has 0 atom stereocenters. The molecule has 6 heteroatoms. The largest absolute Gasteiger partial charge is 0.395 e. The Labute approximate surface area is 167 Å². The van der Waals surface area contributed by atoms with Crippen LogP contribution >= 0.6 is 11.3 Å². The molecule has 0 saturated heterocycles. The molecule has 0 bridgehead atoms. The lowest BCUT2D eigenvalue weighted by Crippen LogP contribution is -2.21. The first-order chi connectivity index (χ1) is 13.7. The number of nitrogens with zero attached hydrogens (tertiary/aromatic N) is 1. The van der Waals surface area contributed by atoms with Crippen LogP contribution < -0.4 is 16.1 Å². The Balaban J connectivity index is 1.83. The number of hydrogen-bond donors (Lipinski definition) is 3. The Bertz CT molecular complexity index is 1200. The molecule has 3 N–H and O–H groups in total. The summed E-state index contributed by atoms with van der Waals surface area (Å²) in [4.78, 5) is 18.2. The molecule has 5 nitrogen and oxygen atoms in total. The van der Waals surface area contributed by atoms with Crippen molar-refractivity contribution in [2.24, 2.45) is 0 Å². The monoisotopic (exact) mass is 393 g/mol. The lowest BCUT2D eigenvalue weighted by atomic mass is 10.1. The standard InChI is InChI=1S/C22H23N3O2S/c1-14-7-8-18-16(13-14)20(27)19-15-5-2-3-6-17(15)25-22(21(19)28-18)24-10-4-9-23-11-12-26/h2-3,5-8,13,23,26H,4,9-12H2,1H3,(H,24,25). The summed E-state index contributed by atoms with van der Waals surface area (Å²) in [5, 5.41) is 17.8. The number of aliphatic hydroxyl groups is 1. The van der Waals surface area contributed by atoms with Gasteiger partial charge in [0, 0.05) is 28.6 Å². The fraction of sp³-hybridized carbons (Fsp3) is 0.273. The number of anilines is 1. The highest BCUT2D eigenvalue weighted by Gasteiger charge is 2.14. The molecule has 0 saturated carbocycles. The molecular weight excluding hydrogens is 370 g/mol. The highest BCUT2D eigenvalue weighted by Crippen LogP contribution is 2.34. The Hall–Kier alpha value is -2.54. The zero-order chi connectivity index (χ0) is 19.5. The predicted molar refractivity (Wildman–Crippen MR) is 119 cm³/mol. The molecule has 2 heterocycles. The van der Waals surface area contributed by atoms with Crippen LogP contribution in [0.4, 0.5) is 5.82 Å². The minimum atomic E-state index is 0.0683. The van der Waals surface area contributed by atoms with Crippen LogP contribution in [0.25, 0.3) is 31.1 Å². The van der Waals surface area contributed by atoms with Gasteiger partial charge in [-0.1, -0.05) is 29.8 Å². The van der Waals surface area contributed by atoms with E-state index in [9.17, 15) is 4.79 Å². The van der Waals surface area contributed by atoms with Gasteiger partial charge in [-0.2, -0.15) is 0 Å². The third-order valence-corrected chi connectivity index (χ3v) is 5.96. The normalized spacial score (nSPS) is 11.5. The van der Waals surface area contributed by atoms with Gasteiger partial charge in [-0.15, -0.1) is 11.3 Å².